The van der Waals surface area contributed by atoms with Crippen LogP contribution in [-0.4, -0.2) is 18.6 Å². The van der Waals surface area contributed by atoms with Crippen LogP contribution in [0, 0.1) is 0 Å². The summed E-state index contributed by atoms with van der Waals surface area (Å²) in [7, 11) is 0. The maximum Gasteiger partial charge on any atom is 0.338 e. The largest absolute Gasteiger partial charge is 0.457 e. The molecule has 3 nitrogen and oxygen atoms in total. The number of benzene rings is 1. The van der Waals surface area contributed by atoms with Crippen molar-refractivity contribution in [3.8, 4) is 0 Å². The standard InChI is InChI=1S/C12H15NO2/c1-2-8-4-3-5-10-11(8)6-9(7-13)15-12(10)14/h3-5,9H,2,6-7,13H2,1H3. The first-order valence-corrected chi connectivity index (χ1v) is 5.28. The topological polar surface area (TPSA) is 52.3 Å². The second-order valence-electron chi connectivity index (χ2n) is 3.76. The highest BCUT2D eigenvalue weighted by atomic mass is 16.5. The lowest BCUT2D eigenvalue weighted by Gasteiger charge is -2.25. The highest BCUT2D eigenvalue weighted by Gasteiger charge is 2.26. The lowest BCUT2D eigenvalue weighted by molar-refractivity contribution is 0.0277. The van der Waals surface area contributed by atoms with Gasteiger partial charge in [0, 0.05) is 13.0 Å². The van der Waals surface area contributed by atoms with Crippen molar-refractivity contribution < 1.29 is 9.53 Å². The Morgan fingerprint density at radius 2 is 2.33 bits per heavy atom. The van der Waals surface area contributed by atoms with Gasteiger partial charge in [0.2, 0.25) is 0 Å². The van der Waals surface area contributed by atoms with E-state index in [1.54, 1.807) is 0 Å². The number of aryl methyl sites for hydroxylation is 1. The average Bonchev–Trinajstić information content (AvgIpc) is 2.28. The Morgan fingerprint density at radius 1 is 1.53 bits per heavy atom. The number of fused-ring (bicyclic) bond motifs is 1. The van der Waals surface area contributed by atoms with Crippen LogP contribution in [0.1, 0.15) is 28.4 Å². The molecular formula is C12H15NO2. The summed E-state index contributed by atoms with van der Waals surface area (Å²) in [5, 5.41) is 0. The monoisotopic (exact) mass is 205 g/mol. The fraction of sp³-hybridized carbons (Fsp3) is 0.417. The molecule has 1 heterocycles. The van der Waals surface area contributed by atoms with E-state index in [2.05, 4.69) is 13.0 Å². The number of rotatable bonds is 2. The van der Waals surface area contributed by atoms with Crippen molar-refractivity contribution in [1.29, 1.82) is 0 Å². The Balaban J connectivity index is 2.45. The van der Waals surface area contributed by atoms with Crippen LogP contribution in [-0.2, 0) is 17.6 Å². The lowest BCUT2D eigenvalue weighted by Crippen LogP contribution is -2.34. The van der Waals surface area contributed by atoms with E-state index in [9.17, 15) is 4.79 Å². The molecule has 0 amide bonds. The van der Waals surface area contributed by atoms with Gasteiger partial charge in [-0.1, -0.05) is 19.1 Å². The molecule has 0 saturated carbocycles. The highest BCUT2D eigenvalue weighted by Crippen LogP contribution is 2.24. The maximum absolute atomic E-state index is 11.6. The first-order valence-electron chi connectivity index (χ1n) is 5.28. The van der Waals surface area contributed by atoms with Crippen LogP contribution >= 0.6 is 0 Å². The number of ether oxygens (including phenoxy) is 1. The second kappa shape index (κ2) is 4.03. The van der Waals surface area contributed by atoms with E-state index in [1.165, 1.54) is 5.56 Å². The third kappa shape index (κ3) is 1.75. The molecule has 1 unspecified atom stereocenters. The molecule has 0 spiro atoms. The van der Waals surface area contributed by atoms with Crippen LogP contribution in [0.15, 0.2) is 18.2 Å². The Morgan fingerprint density at radius 3 is 3.00 bits per heavy atom. The third-order valence-corrected chi connectivity index (χ3v) is 2.84. The summed E-state index contributed by atoms with van der Waals surface area (Å²) < 4.78 is 5.20. The molecule has 15 heavy (non-hydrogen) atoms. The molecule has 2 rings (SSSR count). The summed E-state index contributed by atoms with van der Waals surface area (Å²) >= 11 is 0. The van der Waals surface area contributed by atoms with Crippen LogP contribution in [0.4, 0.5) is 0 Å². The average molecular weight is 205 g/mol. The minimum absolute atomic E-state index is 0.155. The number of cyclic esters (lactones) is 1. The summed E-state index contributed by atoms with van der Waals surface area (Å²) in [5.74, 6) is -0.234. The molecule has 0 saturated heterocycles. The summed E-state index contributed by atoms with van der Waals surface area (Å²) in [4.78, 5) is 11.6. The molecule has 0 bridgehead atoms. The number of carbonyl (C=O) groups excluding carboxylic acids is 1. The van der Waals surface area contributed by atoms with Crippen molar-refractivity contribution in [2.45, 2.75) is 25.9 Å². The molecular weight excluding hydrogens is 190 g/mol. The first-order chi connectivity index (χ1) is 7.26. The molecule has 1 aromatic carbocycles. The van der Waals surface area contributed by atoms with Crippen LogP contribution in [0.3, 0.4) is 0 Å². The Bertz CT molecular complexity index is 387. The maximum atomic E-state index is 11.6. The molecule has 3 heteroatoms. The van der Waals surface area contributed by atoms with Crippen molar-refractivity contribution in [2.24, 2.45) is 5.73 Å². The minimum Gasteiger partial charge on any atom is -0.457 e. The van der Waals surface area contributed by atoms with Crippen molar-refractivity contribution in [2.75, 3.05) is 6.54 Å². The van der Waals surface area contributed by atoms with Crippen molar-refractivity contribution in [1.82, 2.24) is 0 Å². The van der Waals surface area contributed by atoms with Crippen molar-refractivity contribution in [3.63, 3.8) is 0 Å². The Labute approximate surface area is 89.2 Å². The summed E-state index contributed by atoms with van der Waals surface area (Å²) in [6.45, 7) is 2.48. The Kier molecular flexibility index (Phi) is 2.73. The van der Waals surface area contributed by atoms with Crippen molar-refractivity contribution in [3.05, 3.63) is 34.9 Å². The number of esters is 1. The fourth-order valence-corrected chi connectivity index (χ4v) is 2.01. The predicted octanol–water partition coefficient (Wildman–Crippen LogP) is 1.29. The molecule has 1 aromatic rings. The van der Waals surface area contributed by atoms with Crippen molar-refractivity contribution >= 4 is 5.97 Å². The van der Waals surface area contributed by atoms with Gasteiger partial charge < -0.3 is 10.5 Å². The van der Waals surface area contributed by atoms with Gasteiger partial charge in [0.1, 0.15) is 6.10 Å². The van der Waals surface area contributed by atoms with Gasteiger partial charge >= 0.3 is 5.97 Å². The third-order valence-electron chi connectivity index (χ3n) is 2.84. The van der Waals surface area contributed by atoms with Gasteiger partial charge in [-0.25, -0.2) is 4.79 Å². The molecule has 0 aliphatic carbocycles. The van der Waals surface area contributed by atoms with E-state index < -0.39 is 0 Å². The molecule has 80 valence electrons. The van der Waals surface area contributed by atoms with Crippen LogP contribution in [0.25, 0.3) is 0 Å². The van der Waals surface area contributed by atoms with Gasteiger partial charge in [0.15, 0.2) is 0 Å². The van der Waals surface area contributed by atoms with E-state index >= 15 is 0 Å². The second-order valence-corrected chi connectivity index (χ2v) is 3.76. The lowest BCUT2D eigenvalue weighted by atomic mass is 9.92. The molecule has 2 N–H and O–H groups in total. The van der Waals surface area contributed by atoms with Crippen LogP contribution in [0.5, 0.6) is 0 Å². The fourth-order valence-electron chi connectivity index (χ4n) is 2.01. The summed E-state index contributed by atoms with van der Waals surface area (Å²) in [6, 6.07) is 5.79. The van der Waals surface area contributed by atoms with Gasteiger partial charge in [-0.05, 0) is 23.6 Å². The molecule has 0 fully saturated rings. The van der Waals surface area contributed by atoms with Gasteiger partial charge in [0.25, 0.3) is 0 Å². The van der Waals surface area contributed by atoms with Gasteiger partial charge in [-0.2, -0.15) is 0 Å². The molecule has 1 aliphatic rings. The van der Waals surface area contributed by atoms with Gasteiger partial charge in [-0.3, -0.25) is 0 Å². The zero-order valence-electron chi connectivity index (χ0n) is 8.82. The number of hydrogen-bond acceptors (Lipinski definition) is 3. The highest BCUT2D eigenvalue weighted by molar-refractivity contribution is 5.92. The zero-order valence-corrected chi connectivity index (χ0v) is 8.82. The van der Waals surface area contributed by atoms with E-state index in [4.69, 9.17) is 10.5 Å². The predicted molar refractivity (Wildman–Crippen MR) is 57.8 cm³/mol. The van der Waals surface area contributed by atoms with Gasteiger partial charge in [0.05, 0.1) is 5.56 Å². The molecule has 0 radical (unpaired) electrons. The quantitative estimate of drug-likeness (QED) is 0.740. The smallest absolute Gasteiger partial charge is 0.338 e. The normalized spacial score (nSPS) is 19.6. The van der Waals surface area contributed by atoms with Crippen LogP contribution in [0.2, 0.25) is 0 Å². The number of nitrogens with two attached hydrogens (primary N) is 1. The number of hydrogen-bond donors (Lipinski definition) is 1. The molecule has 1 aliphatic heterocycles. The Hall–Kier alpha value is -1.35. The van der Waals surface area contributed by atoms with E-state index in [0.29, 0.717) is 12.1 Å². The van der Waals surface area contributed by atoms with E-state index in [0.717, 1.165) is 18.4 Å². The minimum atomic E-state index is -0.234. The summed E-state index contributed by atoms with van der Waals surface area (Å²) in [6.07, 6.45) is 1.53. The zero-order chi connectivity index (χ0) is 10.8. The summed E-state index contributed by atoms with van der Waals surface area (Å²) in [5.41, 5.74) is 8.59. The van der Waals surface area contributed by atoms with Crippen LogP contribution < -0.4 is 5.73 Å². The van der Waals surface area contributed by atoms with E-state index in [-0.39, 0.29) is 12.1 Å². The SMILES string of the molecule is CCc1cccc2c1CC(CN)OC2=O. The van der Waals surface area contributed by atoms with E-state index in [1.807, 2.05) is 12.1 Å². The number of carbonyl (C=O) groups is 1. The molecule has 1 atom stereocenters. The molecule has 0 aromatic heterocycles. The van der Waals surface area contributed by atoms with Gasteiger partial charge in [-0.15, -0.1) is 0 Å². The first kappa shape index (κ1) is 10.2.